The maximum Gasteiger partial charge on any atom is 0.270 e. The minimum Gasteiger partial charge on any atom is -0.306 e. The van der Waals surface area contributed by atoms with Gasteiger partial charge in [-0.2, -0.15) is 0 Å². The van der Waals surface area contributed by atoms with E-state index in [-0.39, 0.29) is 11.7 Å². The van der Waals surface area contributed by atoms with Gasteiger partial charge in [0.1, 0.15) is 0 Å². The lowest BCUT2D eigenvalue weighted by molar-refractivity contribution is -0.384. The Balaban J connectivity index is 2.06. The van der Waals surface area contributed by atoms with Crippen LogP contribution in [0, 0.1) is 10.1 Å². The molecule has 0 bridgehead atoms. The van der Waals surface area contributed by atoms with Gasteiger partial charge in [-0.15, -0.1) is 0 Å². The van der Waals surface area contributed by atoms with Crippen LogP contribution in [0.3, 0.4) is 0 Å². The molecule has 0 aliphatic carbocycles. The lowest BCUT2D eigenvalue weighted by Gasteiger charge is -2.16. The lowest BCUT2D eigenvalue weighted by Crippen LogP contribution is -2.18. The average Bonchev–Trinajstić information content (AvgIpc) is 2.46. The number of nitrogens with one attached hydrogen (secondary N) is 1. The molecule has 0 aliphatic heterocycles. The Morgan fingerprint density at radius 2 is 1.90 bits per heavy atom. The van der Waals surface area contributed by atoms with E-state index < -0.39 is 4.92 Å². The van der Waals surface area contributed by atoms with Gasteiger partial charge in [-0.05, 0) is 30.2 Å². The lowest BCUT2D eigenvalue weighted by atomic mass is 10.1. The van der Waals surface area contributed by atoms with Crippen molar-refractivity contribution in [2.45, 2.75) is 19.5 Å². The van der Waals surface area contributed by atoms with Crippen molar-refractivity contribution in [3.8, 4) is 0 Å². The SMILES string of the molecule is C[C@@H](NCc1ccc([N+](=O)[O-])cc1Cl)c1ccccc1Cl. The summed E-state index contributed by atoms with van der Waals surface area (Å²) in [7, 11) is 0. The van der Waals surface area contributed by atoms with Crippen LogP contribution >= 0.6 is 23.2 Å². The van der Waals surface area contributed by atoms with Gasteiger partial charge < -0.3 is 5.32 Å². The van der Waals surface area contributed by atoms with Crippen molar-refractivity contribution in [1.29, 1.82) is 0 Å². The molecule has 0 unspecified atom stereocenters. The van der Waals surface area contributed by atoms with Crippen LogP contribution in [0.15, 0.2) is 42.5 Å². The summed E-state index contributed by atoms with van der Waals surface area (Å²) >= 11 is 12.2. The van der Waals surface area contributed by atoms with E-state index in [1.54, 1.807) is 6.07 Å². The third kappa shape index (κ3) is 3.94. The number of nitro benzene ring substituents is 1. The summed E-state index contributed by atoms with van der Waals surface area (Å²) in [5, 5.41) is 15.1. The number of nitrogens with zero attached hydrogens (tertiary/aromatic N) is 1. The number of rotatable bonds is 5. The highest BCUT2D eigenvalue weighted by Crippen LogP contribution is 2.25. The molecule has 110 valence electrons. The largest absolute Gasteiger partial charge is 0.306 e. The van der Waals surface area contributed by atoms with Gasteiger partial charge in [-0.1, -0.05) is 41.4 Å². The first kappa shape index (κ1) is 15.8. The van der Waals surface area contributed by atoms with Crippen LogP contribution in [-0.4, -0.2) is 4.92 Å². The fourth-order valence-corrected chi connectivity index (χ4v) is 2.53. The Bertz CT molecular complexity index is 662. The smallest absolute Gasteiger partial charge is 0.270 e. The Morgan fingerprint density at radius 1 is 1.19 bits per heavy atom. The van der Waals surface area contributed by atoms with E-state index >= 15 is 0 Å². The minimum atomic E-state index is -0.463. The molecular weight excluding hydrogens is 311 g/mol. The summed E-state index contributed by atoms with van der Waals surface area (Å²) in [5.41, 5.74) is 1.79. The van der Waals surface area contributed by atoms with E-state index in [1.807, 2.05) is 31.2 Å². The van der Waals surface area contributed by atoms with E-state index in [0.29, 0.717) is 16.6 Å². The molecule has 6 heteroatoms. The summed E-state index contributed by atoms with van der Waals surface area (Å²) in [4.78, 5) is 10.2. The normalized spacial score (nSPS) is 12.1. The second kappa shape index (κ2) is 6.89. The Hall–Kier alpha value is -1.62. The summed E-state index contributed by atoms with van der Waals surface area (Å²) in [6.07, 6.45) is 0. The van der Waals surface area contributed by atoms with Gasteiger partial charge in [0.25, 0.3) is 5.69 Å². The zero-order chi connectivity index (χ0) is 15.4. The second-order valence-electron chi connectivity index (χ2n) is 4.66. The highest BCUT2D eigenvalue weighted by molar-refractivity contribution is 6.31. The predicted octanol–water partition coefficient (Wildman–Crippen LogP) is 4.75. The van der Waals surface area contributed by atoms with Gasteiger partial charge in [-0.3, -0.25) is 10.1 Å². The van der Waals surface area contributed by atoms with Crippen LogP contribution in [0.4, 0.5) is 5.69 Å². The molecule has 0 radical (unpaired) electrons. The molecule has 2 aromatic carbocycles. The van der Waals surface area contributed by atoms with Crippen molar-refractivity contribution in [2.75, 3.05) is 0 Å². The molecule has 0 aliphatic rings. The molecule has 0 fully saturated rings. The molecular formula is C15H14Cl2N2O2. The summed E-state index contributed by atoms with van der Waals surface area (Å²) in [5.74, 6) is 0. The van der Waals surface area contributed by atoms with Crippen LogP contribution in [0.25, 0.3) is 0 Å². The third-order valence-electron chi connectivity index (χ3n) is 3.22. The van der Waals surface area contributed by atoms with Gasteiger partial charge >= 0.3 is 0 Å². The molecule has 0 saturated heterocycles. The molecule has 1 N–H and O–H groups in total. The van der Waals surface area contributed by atoms with Gasteiger partial charge in [0.05, 0.1) is 9.95 Å². The maximum atomic E-state index is 10.7. The number of hydrogen-bond acceptors (Lipinski definition) is 3. The van der Waals surface area contributed by atoms with Crippen molar-refractivity contribution in [3.05, 3.63) is 73.8 Å². The quantitative estimate of drug-likeness (QED) is 0.637. The Labute approximate surface area is 132 Å². The van der Waals surface area contributed by atoms with Crippen molar-refractivity contribution in [1.82, 2.24) is 5.32 Å². The van der Waals surface area contributed by atoms with Crippen molar-refractivity contribution < 1.29 is 4.92 Å². The Morgan fingerprint density at radius 3 is 2.52 bits per heavy atom. The van der Waals surface area contributed by atoms with Gasteiger partial charge in [0.2, 0.25) is 0 Å². The number of non-ortho nitro benzene ring substituents is 1. The van der Waals surface area contributed by atoms with Crippen molar-refractivity contribution >= 4 is 28.9 Å². The predicted molar refractivity (Wildman–Crippen MR) is 84.8 cm³/mol. The monoisotopic (exact) mass is 324 g/mol. The Kier molecular flexibility index (Phi) is 5.17. The van der Waals surface area contributed by atoms with Gasteiger partial charge in [-0.25, -0.2) is 0 Å². The van der Waals surface area contributed by atoms with Gasteiger partial charge in [0, 0.05) is 29.7 Å². The van der Waals surface area contributed by atoms with E-state index in [2.05, 4.69) is 5.32 Å². The van der Waals surface area contributed by atoms with E-state index in [0.717, 1.165) is 11.1 Å². The zero-order valence-corrected chi connectivity index (χ0v) is 12.9. The van der Waals surface area contributed by atoms with Crippen molar-refractivity contribution in [2.24, 2.45) is 0 Å². The first-order chi connectivity index (χ1) is 9.99. The van der Waals surface area contributed by atoms with Crippen LogP contribution in [0.1, 0.15) is 24.1 Å². The topological polar surface area (TPSA) is 55.2 Å². The number of halogens is 2. The molecule has 0 amide bonds. The first-order valence-electron chi connectivity index (χ1n) is 6.39. The van der Waals surface area contributed by atoms with Crippen LogP contribution in [0.2, 0.25) is 10.0 Å². The highest BCUT2D eigenvalue weighted by Gasteiger charge is 2.12. The molecule has 0 aromatic heterocycles. The summed E-state index contributed by atoms with van der Waals surface area (Å²) in [6, 6.07) is 12.1. The molecule has 0 saturated carbocycles. The second-order valence-corrected chi connectivity index (χ2v) is 5.47. The van der Waals surface area contributed by atoms with Gasteiger partial charge in [0.15, 0.2) is 0 Å². The molecule has 4 nitrogen and oxygen atoms in total. The molecule has 1 atom stereocenters. The highest BCUT2D eigenvalue weighted by atomic mass is 35.5. The van der Waals surface area contributed by atoms with Crippen LogP contribution in [0.5, 0.6) is 0 Å². The van der Waals surface area contributed by atoms with E-state index in [4.69, 9.17) is 23.2 Å². The molecule has 2 rings (SSSR count). The first-order valence-corrected chi connectivity index (χ1v) is 7.15. The fourth-order valence-electron chi connectivity index (χ4n) is 1.99. The summed E-state index contributed by atoms with van der Waals surface area (Å²) in [6.45, 7) is 2.50. The molecule has 0 heterocycles. The molecule has 2 aromatic rings. The summed E-state index contributed by atoms with van der Waals surface area (Å²) < 4.78 is 0. The van der Waals surface area contributed by atoms with Crippen molar-refractivity contribution in [3.63, 3.8) is 0 Å². The fraction of sp³-hybridized carbons (Fsp3) is 0.200. The number of nitro groups is 1. The third-order valence-corrected chi connectivity index (χ3v) is 3.91. The maximum absolute atomic E-state index is 10.7. The average molecular weight is 325 g/mol. The zero-order valence-electron chi connectivity index (χ0n) is 11.3. The van der Waals surface area contributed by atoms with E-state index in [1.165, 1.54) is 12.1 Å². The van der Waals surface area contributed by atoms with E-state index in [9.17, 15) is 10.1 Å². The minimum absolute atomic E-state index is 0.0112. The standard InChI is InChI=1S/C15H14Cl2N2O2/c1-10(13-4-2-3-5-14(13)16)18-9-11-6-7-12(19(20)21)8-15(11)17/h2-8,10,18H,9H2,1H3/t10-/m1/s1. The number of benzene rings is 2. The molecule has 0 spiro atoms. The molecule has 21 heavy (non-hydrogen) atoms. The van der Waals surface area contributed by atoms with Crippen LogP contribution < -0.4 is 5.32 Å². The van der Waals surface area contributed by atoms with Crippen LogP contribution in [-0.2, 0) is 6.54 Å². The number of hydrogen-bond donors (Lipinski definition) is 1.